The Balaban J connectivity index is 2.35. The van der Waals surface area contributed by atoms with Crippen LogP contribution in [0.25, 0.3) is 0 Å². The molecule has 0 heterocycles. The lowest BCUT2D eigenvalue weighted by atomic mass is 10.0. The van der Waals surface area contributed by atoms with Crippen LogP contribution in [0.5, 0.6) is 0 Å². The van der Waals surface area contributed by atoms with E-state index in [4.69, 9.17) is 17.3 Å². The second-order valence-corrected chi connectivity index (χ2v) is 5.40. The fourth-order valence-corrected chi connectivity index (χ4v) is 2.13. The number of benzene rings is 2. The van der Waals surface area contributed by atoms with E-state index < -0.39 is 5.91 Å². The molecule has 0 spiro atoms. The largest absolute Gasteiger partial charge is 0.366 e. The van der Waals surface area contributed by atoms with Crippen LogP contribution in [-0.2, 0) is 0 Å². The average molecular weight is 289 g/mol. The number of carbonyl (C=O) groups excluding carboxylic acids is 1. The molecule has 0 saturated heterocycles. The van der Waals surface area contributed by atoms with Crippen molar-refractivity contribution < 1.29 is 4.79 Å². The number of rotatable bonds is 4. The van der Waals surface area contributed by atoms with Crippen molar-refractivity contribution in [2.45, 2.75) is 19.8 Å². The summed E-state index contributed by atoms with van der Waals surface area (Å²) >= 11 is 5.90. The van der Waals surface area contributed by atoms with Gasteiger partial charge in [-0.05, 0) is 41.8 Å². The second kappa shape index (κ2) is 5.97. The van der Waals surface area contributed by atoms with Crippen molar-refractivity contribution in [3.63, 3.8) is 0 Å². The van der Waals surface area contributed by atoms with Gasteiger partial charge in [-0.1, -0.05) is 37.6 Å². The molecule has 2 rings (SSSR count). The van der Waals surface area contributed by atoms with Gasteiger partial charge in [0, 0.05) is 10.7 Å². The summed E-state index contributed by atoms with van der Waals surface area (Å²) in [6, 6.07) is 13.1. The molecule has 0 saturated carbocycles. The third-order valence-electron chi connectivity index (χ3n) is 3.08. The average Bonchev–Trinajstić information content (AvgIpc) is 2.41. The highest BCUT2D eigenvalue weighted by Crippen LogP contribution is 2.26. The van der Waals surface area contributed by atoms with Gasteiger partial charge >= 0.3 is 0 Å². The van der Waals surface area contributed by atoms with E-state index in [9.17, 15) is 4.79 Å². The van der Waals surface area contributed by atoms with Crippen LogP contribution in [0.4, 0.5) is 11.4 Å². The molecule has 0 bridgehead atoms. The van der Waals surface area contributed by atoms with E-state index in [2.05, 4.69) is 31.3 Å². The molecule has 20 heavy (non-hydrogen) atoms. The Kier molecular flexibility index (Phi) is 4.30. The van der Waals surface area contributed by atoms with Gasteiger partial charge in [0.25, 0.3) is 5.91 Å². The molecule has 0 aliphatic rings. The van der Waals surface area contributed by atoms with Crippen molar-refractivity contribution in [2.24, 2.45) is 5.73 Å². The van der Waals surface area contributed by atoms with Gasteiger partial charge in [0.15, 0.2) is 0 Å². The summed E-state index contributed by atoms with van der Waals surface area (Å²) in [4.78, 5) is 11.5. The maximum atomic E-state index is 11.5. The van der Waals surface area contributed by atoms with E-state index in [-0.39, 0.29) is 0 Å². The molecule has 3 nitrogen and oxygen atoms in total. The number of anilines is 2. The molecule has 3 N–H and O–H groups in total. The Morgan fingerprint density at radius 1 is 1.20 bits per heavy atom. The van der Waals surface area contributed by atoms with Crippen molar-refractivity contribution in [1.29, 1.82) is 0 Å². The standard InChI is InChI=1S/C16H17ClN2O/c1-10(2)11-4-3-5-13(8-11)19-15-7-6-12(17)9-14(15)16(18)20/h3-10,19H,1-2H3,(H2,18,20). The highest BCUT2D eigenvalue weighted by Gasteiger charge is 2.09. The predicted molar refractivity (Wildman–Crippen MR) is 83.8 cm³/mol. The first-order chi connectivity index (χ1) is 9.47. The van der Waals surface area contributed by atoms with Gasteiger partial charge in [-0.25, -0.2) is 0 Å². The van der Waals surface area contributed by atoms with Gasteiger partial charge < -0.3 is 11.1 Å². The van der Waals surface area contributed by atoms with Gasteiger partial charge in [0.2, 0.25) is 0 Å². The molecule has 4 heteroatoms. The van der Waals surface area contributed by atoms with Crippen LogP contribution in [-0.4, -0.2) is 5.91 Å². The monoisotopic (exact) mass is 288 g/mol. The summed E-state index contributed by atoms with van der Waals surface area (Å²) in [5, 5.41) is 3.70. The molecular weight excluding hydrogens is 272 g/mol. The van der Waals surface area contributed by atoms with Crippen LogP contribution in [0.2, 0.25) is 5.02 Å². The van der Waals surface area contributed by atoms with E-state index in [1.54, 1.807) is 18.2 Å². The highest BCUT2D eigenvalue weighted by atomic mass is 35.5. The fraction of sp³-hybridized carbons (Fsp3) is 0.188. The molecule has 0 aliphatic heterocycles. The lowest BCUT2D eigenvalue weighted by Gasteiger charge is -2.13. The molecule has 0 atom stereocenters. The van der Waals surface area contributed by atoms with Gasteiger partial charge in [-0.15, -0.1) is 0 Å². The molecule has 0 aliphatic carbocycles. The predicted octanol–water partition coefficient (Wildman–Crippen LogP) is 4.31. The van der Waals surface area contributed by atoms with Crippen LogP contribution in [0, 0.1) is 0 Å². The van der Waals surface area contributed by atoms with E-state index in [0.717, 1.165) is 5.69 Å². The summed E-state index contributed by atoms with van der Waals surface area (Å²) in [5.74, 6) is -0.0624. The van der Waals surface area contributed by atoms with Crippen LogP contribution in [0.1, 0.15) is 35.7 Å². The summed E-state index contributed by atoms with van der Waals surface area (Å²) in [6.45, 7) is 4.27. The lowest BCUT2D eigenvalue weighted by Crippen LogP contribution is -2.13. The minimum atomic E-state index is -0.505. The van der Waals surface area contributed by atoms with E-state index >= 15 is 0 Å². The SMILES string of the molecule is CC(C)c1cccc(Nc2ccc(Cl)cc2C(N)=O)c1. The lowest BCUT2D eigenvalue weighted by molar-refractivity contribution is 0.100. The molecule has 0 fully saturated rings. The Hall–Kier alpha value is -2.00. The number of hydrogen-bond acceptors (Lipinski definition) is 2. The molecule has 0 aromatic heterocycles. The van der Waals surface area contributed by atoms with Crippen molar-refractivity contribution in [2.75, 3.05) is 5.32 Å². The van der Waals surface area contributed by atoms with Crippen molar-refractivity contribution >= 4 is 28.9 Å². The number of primary amides is 1. The maximum Gasteiger partial charge on any atom is 0.250 e. The van der Waals surface area contributed by atoms with Gasteiger partial charge in [0.05, 0.1) is 11.3 Å². The van der Waals surface area contributed by atoms with Crippen LogP contribution in [0.15, 0.2) is 42.5 Å². The smallest absolute Gasteiger partial charge is 0.250 e. The topological polar surface area (TPSA) is 55.1 Å². The van der Waals surface area contributed by atoms with E-state index in [0.29, 0.717) is 22.2 Å². The number of halogens is 1. The fourth-order valence-electron chi connectivity index (χ4n) is 1.96. The first kappa shape index (κ1) is 14.4. The van der Waals surface area contributed by atoms with Gasteiger partial charge in [-0.2, -0.15) is 0 Å². The third-order valence-corrected chi connectivity index (χ3v) is 3.31. The van der Waals surface area contributed by atoms with Crippen molar-refractivity contribution in [3.8, 4) is 0 Å². The Morgan fingerprint density at radius 3 is 2.60 bits per heavy atom. The van der Waals surface area contributed by atoms with Gasteiger partial charge in [0.1, 0.15) is 0 Å². The number of amides is 1. The van der Waals surface area contributed by atoms with Crippen LogP contribution >= 0.6 is 11.6 Å². The molecule has 2 aromatic rings. The molecule has 104 valence electrons. The summed E-state index contributed by atoms with van der Waals surface area (Å²) < 4.78 is 0. The number of carbonyl (C=O) groups is 1. The zero-order valence-electron chi connectivity index (χ0n) is 11.5. The van der Waals surface area contributed by atoms with Crippen molar-refractivity contribution in [1.82, 2.24) is 0 Å². The highest BCUT2D eigenvalue weighted by molar-refractivity contribution is 6.31. The Morgan fingerprint density at radius 2 is 1.95 bits per heavy atom. The minimum absolute atomic E-state index is 0.382. The molecular formula is C16H17ClN2O. The third kappa shape index (κ3) is 3.31. The zero-order valence-corrected chi connectivity index (χ0v) is 12.2. The zero-order chi connectivity index (χ0) is 14.7. The Bertz CT molecular complexity index is 638. The first-order valence-corrected chi connectivity index (χ1v) is 6.81. The molecule has 0 unspecified atom stereocenters. The number of hydrogen-bond donors (Lipinski definition) is 2. The van der Waals surface area contributed by atoms with Gasteiger partial charge in [-0.3, -0.25) is 4.79 Å². The van der Waals surface area contributed by atoms with Crippen molar-refractivity contribution in [3.05, 3.63) is 58.6 Å². The quantitative estimate of drug-likeness (QED) is 0.881. The molecule has 2 aromatic carbocycles. The number of nitrogens with two attached hydrogens (primary N) is 1. The summed E-state index contributed by atoms with van der Waals surface area (Å²) in [5.41, 5.74) is 8.56. The second-order valence-electron chi connectivity index (χ2n) is 4.96. The van der Waals surface area contributed by atoms with E-state index in [1.807, 2.05) is 12.1 Å². The van der Waals surface area contributed by atoms with E-state index in [1.165, 1.54) is 5.56 Å². The summed E-state index contributed by atoms with van der Waals surface area (Å²) in [6.07, 6.45) is 0. The van der Waals surface area contributed by atoms with Crippen LogP contribution < -0.4 is 11.1 Å². The minimum Gasteiger partial charge on any atom is -0.366 e. The normalized spacial score (nSPS) is 10.6. The first-order valence-electron chi connectivity index (χ1n) is 6.43. The Labute approximate surface area is 123 Å². The number of nitrogens with one attached hydrogen (secondary N) is 1. The summed E-state index contributed by atoms with van der Waals surface area (Å²) in [7, 11) is 0. The maximum absolute atomic E-state index is 11.5. The van der Waals surface area contributed by atoms with Crippen LogP contribution in [0.3, 0.4) is 0 Å². The molecule has 1 amide bonds. The molecule has 0 radical (unpaired) electrons.